The van der Waals surface area contributed by atoms with Crippen molar-refractivity contribution < 1.29 is 14.0 Å². The minimum atomic E-state index is -0.467. The average molecular weight is 386 g/mol. The van der Waals surface area contributed by atoms with E-state index >= 15 is 0 Å². The molecule has 0 bridgehead atoms. The molecule has 0 radical (unpaired) electrons. The zero-order chi connectivity index (χ0) is 19.2. The van der Waals surface area contributed by atoms with Gasteiger partial charge in [-0.25, -0.2) is 4.39 Å². The van der Waals surface area contributed by atoms with Gasteiger partial charge in [-0.05, 0) is 40.8 Å². The number of benzene rings is 2. The zero-order valence-corrected chi connectivity index (χ0v) is 15.0. The molecule has 0 spiro atoms. The summed E-state index contributed by atoms with van der Waals surface area (Å²) in [7, 11) is 0. The van der Waals surface area contributed by atoms with Gasteiger partial charge in [-0.2, -0.15) is 4.68 Å². The second-order valence-electron chi connectivity index (χ2n) is 5.42. The molecule has 0 atom stereocenters. The lowest BCUT2D eigenvalue weighted by molar-refractivity contribution is -0.114. The molecule has 2 N–H and O–H groups in total. The van der Waals surface area contributed by atoms with Crippen molar-refractivity contribution in [3.63, 3.8) is 0 Å². The molecule has 0 aliphatic carbocycles. The van der Waals surface area contributed by atoms with Crippen LogP contribution in [0.1, 0.15) is 6.92 Å². The van der Waals surface area contributed by atoms with Gasteiger partial charge < -0.3 is 10.6 Å². The molecule has 2 aromatic carbocycles. The Morgan fingerprint density at radius 2 is 1.85 bits per heavy atom. The molecule has 27 heavy (non-hydrogen) atoms. The van der Waals surface area contributed by atoms with Crippen LogP contribution >= 0.6 is 11.8 Å². The van der Waals surface area contributed by atoms with Crippen molar-refractivity contribution in [2.45, 2.75) is 12.1 Å². The topological polar surface area (TPSA) is 102 Å². The van der Waals surface area contributed by atoms with Crippen LogP contribution in [0.25, 0.3) is 5.69 Å². The summed E-state index contributed by atoms with van der Waals surface area (Å²) in [5.41, 5.74) is 1.32. The third-order valence-corrected chi connectivity index (χ3v) is 4.24. The summed E-state index contributed by atoms with van der Waals surface area (Å²) >= 11 is 1.08. The SMILES string of the molecule is CC(=O)Nc1cccc(NC(=O)CSc2nnnn2-c2ccccc2F)c1. The van der Waals surface area contributed by atoms with Crippen LogP contribution in [-0.4, -0.2) is 37.8 Å². The van der Waals surface area contributed by atoms with Gasteiger partial charge in [0.25, 0.3) is 0 Å². The van der Waals surface area contributed by atoms with Crippen LogP contribution in [0.4, 0.5) is 15.8 Å². The maximum Gasteiger partial charge on any atom is 0.234 e. The highest BCUT2D eigenvalue weighted by Gasteiger charge is 2.14. The minimum Gasteiger partial charge on any atom is -0.326 e. The van der Waals surface area contributed by atoms with Crippen LogP contribution in [0.5, 0.6) is 0 Å². The standard InChI is InChI=1S/C17H15FN6O2S/c1-11(25)19-12-5-4-6-13(9-12)20-16(26)10-27-17-21-22-23-24(17)15-8-3-2-7-14(15)18/h2-9H,10H2,1H3,(H,19,25)(H,20,26). The molecule has 0 unspecified atom stereocenters. The first kappa shape index (κ1) is 18.5. The van der Waals surface area contributed by atoms with Gasteiger partial charge in [0, 0.05) is 18.3 Å². The van der Waals surface area contributed by atoms with Gasteiger partial charge in [0.1, 0.15) is 11.5 Å². The normalized spacial score (nSPS) is 10.4. The second-order valence-corrected chi connectivity index (χ2v) is 6.37. The summed E-state index contributed by atoms with van der Waals surface area (Å²) in [4.78, 5) is 23.3. The number of thioether (sulfide) groups is 1. The lowest BCUT2D eigenvalue weighted by atomic mass is 10.2. The van der Waals surface area contributed by atoms with Crippen molar-refractivity contribution in [1.29, 1.82) is 0 Å². The van der Waals surface area contributed by atoms with Gasteiger partial charge >= 0.3 is 0 Å². The average Bonchev–Trinajstić information content (AvgIpc) is 3.08. The Morgan fingerprint density at radius 3 is 2.59 bits per heavy atom. The molecule has 8 nitrogen and oxygen atoms in total. The molecule has 0 aliphatic rings. The Balaban J connectivity index is 1.63. The number of para-hydroxylation sites is 1. The second kappa shape index (κ2) is 8.41. The van der Waals surface area contributed by atoms with E-state index in [4.69, 9.17) is 0 Å². The van der Waals surface area contributed by atoms with Crippen molar-refractivity contribution in [1.82, 2.24) is 20.2 Å². The summed E-state index contributed by atoms with van der Waals surface area (Å²) in [5, 5.41) is 16.8. The smallest absolute Gasteiger partial charge is 0.234 e. The number of anilines is 2. The Hall–Kier alpha value is -3.27. The Bertz CT molecular complexity index is 977. The molecule has 0 saturated carbocycles. The lowest BCUT2D eigenvalue weighted by Crippen LogP contribution is -2.15. The first-order valence-electron chi connectivity index (χ1n) is 7.86. The molecule has 1 aromatic heterocycles. The van der Waals surface area contributed by atoms with Crippen LogP contribution in [0, 0.1) is 5.82 Å². The summed E-state index contributed by atoms with van der Waals surface area (Å²) in [5.74, 6) is -0.929. The number of nitrogens with one attached hydrogen (secondary N) is 2. The first-order chi connectivity index (χ1) is 13.0. The maximum absolute atomic E-state index is 13.9. The van der Waals surface area contributed by atoms with Crippen molar-refractivity contribution in [3.8, 4) is 5.69 Å². The van der Waals surface area contributed by atoms with E-state index in [0.717, 1.165) is 11.8 Å². The fraction of sp³-hybridized carbons (Fsp3) is 0.118. The van der Waals surface area contributed by atoms with Gasteiger partial charge in [0.15, 0.2) is 0 Å². The molecule has 2 amide bonds. The molecular formula is C17H15FN6O2S. The van der Waals surface area contributed by atoms with Gasteiger partial charge in [-0.3, -0.25) is 9.59 Å². The Morgan fingerprint density at radius 1 is 1.11 bits per heavy atom. The lowest BCUT2D eigenvalue weighted by Gasteiger charge is -2.08. The number of nitrogens with zero attached hydrogens (tertiary/aromatic N) is 4. The number of carbonyl (C=O) groups is 2. The van der Waals surface area contributed by atoms with Crippen molar-refractivity contribution in [2.75, 3.05) is 16.4 Å². The molecule has 3 rings (SSSR count). The number of carbonyl (C=O) groups excluding carboxylic acids is 2. The number of tetrazole rings is 1. The largest absolute Gasteiger partial charge is 0.326 e. The van der Waals surface area contributed by atoms with Crippen LogP contribution in [0.3, 0.4) is 0 Å². The summed E-state index contributed by atoms with van der Waals surface area (Å²) in [6.45, 7) is 1.40. The first-order valence-corrected chi connectivity index (χ1v) is 8.85. The number of aromatic nitrogens is 4. The monoisotopic (exact) mass is 386 g/mol. The predicted octanol–water partition coefficient (Wildman–Crippen LogP) is 2.49. The van der Waals surface area contributed by atoms with Crippen LogP contribution < -0.4 is 10.6 Å². The third kappa shape index (κ3) is 4.88. The van der Waals surface area contributed by atoms with Gasteiger partial charge in [-0.1, -0.05) is 30.0 Å². The highest BCUT2D eigenvalue weighted by Crippen LogP contribution is 2.21. The van der Waals surface area contributed by atoms with E-state index in [-0.39, 0.29) is 23.3 Å². The summed E-state index contributed by atoms with van der Waals surface area (Å²) in [6, 6.07) is 12.9. The highest BCUT2D eigenvalue weighted by molar-refractivity contribution is 7.99. The van der Waals surface area contributed by atoms with Gasteiger partial charge in [0.05, 0.1) is 5.75 Å². The van der Waals surface area contributed by atoms with Crippen molar-refractivity contribution in [3.05, 3.63) is 54.3 Å². The molecule has 0 aliphatic heterocycles. The third-order valence-electron chi connectivity index (χ3n) is 3.32. The summed E-state index contributed by atoms with van der Waals surface area (Å²) in [6.07, 6.45) is 0. The maximum atomic E-state index is 13.9. The van der Waals surface area contributed by atoms with E-state index in [9.17, 15) is 14.0 Å². The van der Waals surface area contributed by atoms with E-state index < -0.39 is 5.82 Å². The van der Waals surface area contributed by atoms with Crippen molar-refractivity contribution in [2.24, 2.45) is 0 Å². The fourth-order valence-corrected chi connectivity index (χ4v) is 2.93. The zero-order valence-electron chi connectivity index (χ0n) is 14.2. The number of hydrogen-bond donors (Lipinski definition) is 2. The molecule has 0 fully saturated rings. The highest BCUT2D eigenvalue weighted by atomic mass is 32.2. The molecule has 3 aromatic rings. The van der Waals surface area contributed by atoms with Crippen LogP contribution in [0.2, 0.25) is 0 Å². The van der Waals surface area contributed by atoms with Gasteiger partial charge in [0.2, 0.25) is 17.0 Å². The molecule has 10 heteroatoms. The molecule has 1 heterocycles. The number of amides is 2. The van der Waals surface area contributed by atoms with E-state index in [0.29, 0.717) is 16.5 Å². The quantitative estimate of drug-likeness (QED) is 0.631. The van der Waals surface area contributed by atoms with Crippen molar-refractivity contribution >= 4 is 35.0 Å². The number of hydrogen-bond acceptors (Lipinski definition) is 6. The molecule has 138 valence electrons. The minimum absolute atomic E-state index is 0.0270. The molecule has 0 saturated heterocycles. The Labute approximate surface area is 158 Å². The van der Waals surface area contributed by atoms with Crippen LogP contribution in [-0.2, 0) is 9.59 Å². The number of rotatable bonds is 6. The van der Waals surface area contributed by atoms with E-state index in [1.54, 1.807) is 42.5 Å². The number of halogens is 1. The van der Waals surface area contributed by atoms with Gasteiger partial charge in [-0.15, -0.1) is 5.10 Å². The Kier molecular flexibility index (Phi) is 5.77. The van der Waals surface area contributed by atoms with Crippen LogP contribution in [0.15, 0.2) is 53.7 Å². The predicted molar refractivity (Wildman–Crippen MR) is 99.2 cm³/mol. The molecular weight excluding hydrogens is 371 g/mol. The van der Waals surface area contributed by atoms with E-state index in [1.807, 2.05) is 0 Å². The summed E-state index contributed by atoms with van der Waals surface area (Å²) < 4.78 is 15.2. The fourth-order valence-electron chi connectivity index (χ4n) is 2.25. The van der Waals surface area contributed by atoms with E-state index in [2.05, 4.69) is 26.2 Å². The van der Waals surface area contributed by atoms with E-state index in [1.165, 1.54) is 17.7 Å².